The van der Waals surface area contributed by atoms with E-state index in [0.717, 1.165) is 19.3 Å². The molecule has 1 aromatic rings. The van der Waals surface area contributed by atoms with Gasteiger partial charge in [0.1, 0.15) is 0 Å². The highest BCUT2D eigenvalue weighted by atomic mass is 19.1. The lowest BCUT2D eigenvalue weighted by Crippen LogP contribution is -2.37. The van der Waals surface area contributed by atoms with Gasteiger partial charge in [0.2, 0.25) is 0 Å². The van der Waals surface area contributed by atoms with Crippen LogP contribution in [0.5, 0.6) is 5.75 Å². The third kappa shape index (κ3) is 4.77. The molecule has 1 atom stereocenters. The first kappa shape index (κ1) is 15.3. The maximum Gasteiger partial charge on any atom is 0.260 e. The van der Waals surface area contributed by atoms with Crippen LogP contribution in [-0.2, 0) is 4.79 Å². The number of amides is 1. The minimum absolute atomic E-state index is 0.0706. The normalized spacial score (nSPS) is 11.9. The molecule has 0 spiro atoms. The standard InChI is InChI=1S/C14H21FN2O2/c1-3-4-5-9-17-14(18)10(2)19-13-11(15)7-6-8-12(13)16/h6-8,10H,3-5,9,16H2,1-2H3,(H,17,18). The first-order valence-electron chi connectivity index (χ1n) is 6.54. The Hall–Kier alpha value is -1.78. The van der Waals surface area contributed by atoms with Gasteiger partial charge >= 0.3 is 0 Å². The average Bonchev–Trinajstić information content (AvgIpc) is 2.38. The number of benzene rings is 1. The average molecular weight is 268 g/mol. The van der Waals surface area contributed by atoms with Crippen molar-refractivity contribution in [2.75, 3.05) is 12.3 Å². The maximum atomic E-state index is 13.5. The van der Waals surface area contributed by atoms with E-state index in [2.05, 4.69) is 12.2 Å². The zero-order chi connectivity index (χ0) is 14.3. The Morgan fingerprint density at radius 1 is 1.47 bits per heavy atom. The molecule has 106 valence electrons. The number of hydrogen-bond acceptors (Lipinski definition) is 3. The lowest BCUT2D eigenvalue weighted by molar-refractivity contribution is -0.127. The second kappa shape index (κ2) is 7.61. The lowest BCUT2D eigenvalue weighted by Gasteiger charge is -2.16. The van der Waals surface area contributed by atoms with E-state index in [1.165, 1.54) is 18.2 Å². The Morgan fingerprint density at radius 3 is 2.84 bits per heavy atom. The van der Waals surface area contributed by atoms with Gasteiger partial charge in [0.25, 0.3) is 5.91 Å². The topological polar surface area (TPSA) is 64.3 Å². The molecule has 0 radical (unpaired) electrons. The van der Waals surface area contributed by atoms with E-state index in [1.807, 2.05) is 0 Å². The fraction of sp³-hybridized carbons (Fsp3) is 0.500. The molecule has 0 bridgehead atoms. The molecule has 0 aliphatic carbocycles. The van der Waals surface area contributed by atoms with Gasteiger partial charge in [-0.3, -0.25) is 4.79 Å². The van der Waals surface area contributed by atoms with Crippen molar-refractivity contribution < 1.29 is 13.9 Å². The van der Waals surface area contributed by atoms with Gasteiger partial charge in [-0.05, 0) is 25.5 Å². The number of ether oxygens (including phenoxy) is 1. The Bertz CT molecular complexity index is 404. The smallest absolute Gasteiger partial charge is 0.260 e. The van der Waals surface area contributed by atoms with Crippen LogP contribution < -0.4 is 15.8 Å². The highest BCUT2D eigenvalue weighted by Crippen LogP contribution is 2.25. The summed E-state index contributed by atoms with van der Waals surface area (Å²) in [6.07, 6.45) is 2.31. The molecule has 1 amide bonds. The van der Waals surface area contributed by atoms with E-state index in [0.29, 0.717) is 6.54 Å². The molecule has 1 rings (SSSR count). The fourth-order valence-electron chi connectivity index (χ4n) is 1.61. The van der Waals surface area contributed by atoms with Crippen molar-refractivity contribution in [1.29, 1.82) is 0 Å². The number of para-hydroxylation sites is 1. The molecule has 0 aromatic heterocycles. The predicted octanol–water partition coefficient (Wildman–Crippen LogP) is 2.48. The van der Waals surface area contributed by atoms with Crippen LogP contribution in [0.15, 0.2) is 18.2 Å². The van der Waals surface area contributed by atoms with Gasteiger partial charge in [-0.1, -0.05) is 25.8 Å². The Labute approximate surface area is 113 Å². The SMILES string of the molecule is CCCCCNC(=O)C(C)Oc1c(N)cccc1F. The van der Waals surface area contributed by atoms with Gasteiger partial charge in [0.05, 0.1) is 5.69 Å². The number of anilines is 1. The van der Waals surface area contributed by atoms with Gasteiger partial charge < -0.3 is 15.8 Å². The second-order valence-corrected chi connectivity index (χ2v) is 4.42. The van der Waals surface area contributed by atoms with Gasteiger partial charge in [-0.15, -0.1) is 0 Å². The van der Waals surface area contributed by atoms with Gasteiger partial charge in [0, 0.05) is 6.54 Å². The number of nitrogens with two attached hydrogens (primary N) is 1. The molecule has 5 heteroatoms. The molecular weight excluding hydrogens is 247 g/mol. The first-order valence-corrected chi connectivity index (χ1v) is 6.54. The minimum atomic E-state index is -0.777. The van der Waals surface area contributed by atoms with Crippen molar-refractivity contribution in [1.82, 2.24) is 5.32 Å². The molecule has 0 aliphatic rings. The summed E-state index contributed by atoms with van der Waals surface area (Å²) in [7, 11) is 0. The van der Waals surface area contributed by atoms with Crippen molar-refractivity contribution in [2.45, 2.75) is 39.2 Å². The van der Waals surface area contributed by atoms with E-state index < -0.39 is 11.9 Å². The van der Waals surface area contributed by atoms with E-state index >= 15 is 0 Å². The maximum absolute atomic E-state index is 13.5. The molecule has 19 heavy (non-hydrogen) atoms. The monoisotopic (exact) mass is 268 g/mol. The Morgan fingerprint density at radius 2 is 2.21 bits per heavy atom. The van der Waals surface area contributed by atoms with Crippen LogP contribution in [0, 0.1) is 5.82 Å². The summed E-state index contributed by atoms with van der Waals surface area (Å²) in [6, 6.07) is 4.27. The van der Waals surface area contributed by atoms with Crippen molar-refractivity contribution in [2.24, 2.45) is 0 Å². The number of unbranched alkanes of at least 4 members (excludes halogenated alkanes) is 2. The number of carbonyl (C=O) groups is 1. The number of nitrogen functional groups attached to an aromatic ring is 1. The van der Waals surface area contributed by atoms with Gasteiger partial charge in [0.15, 0.2) is 17.7 Å². The first-order chi connectivity index (χ1) is 9.06. The van der Waals surface area contributed by atoms with Crippen LogP contribution in [0.25, 0.3) is 0 Å². The number of carbonyl (C=O) groups excluding carboxylic acids is 1. The zero-order valence-corrected chi connectivity index (χ0v) is 11.4. The number of hydrogen-bond donors (Lipinski definition) is 2. The lowest BCUT2D eigenvalue weighted by atomic mass is 10.2. The van der Waals surface area contributed by atoms with Crippen molar-refractivity contribution in [3.05, 3.63) is 24.0 Å². The van der Waals surface area contributed by atoms with Crippen LogP contribution >= 0.6 is 0 Å². The van der Waals surface area contributed by atoms with Crippen LogP contribution in [0.2, 0.25) is 0 Å². The van der Waals surface area contributed by atoms with E-state index in [9.17, 15) is 9.18 Å². The third-order valence-corrected chi connectivity index (χ3v) is 2.74. The molecule has 1 aromatic carbocycles. The molecular formula is C14H21FN2O2. The highest BCUT2D eigenvalue weighted by molar-refractivity contribution is 5.80. The summed E-state index contributed by atoms with van der Waals surface area (Å²) in [5, 5.41) is 2.75. The quantitative estimate of drug-likeness (QED) is 0.590. The summed E-state index contributed by atoms with van der Waals surface area (Å²) >= 11 is 0. The van der Waals surface area contributed by atoms with E-state index in [4.69, 9.17) is 10.5 Å². The Balaban J connectivity index is 2.50. The van der Waals surface area contributed by atoms with Gasteiger partial charge in [-0.25, -0.2) is 4.39 Å². The fourth-order valence-corrected chi connectivity index (χ4v) is 1.61. The van der Waals surface area contributed by atoms with E-state index in [-0.39, 0.29) is 17.3 Å². The van der Waals surface area contributed by atoms with Crippen molar-refractivity contribution in [3.63, 3.8) is 0 Å². The summed E-state index contributed by atoms with van der Waals surface area (Å²) in [5.74, 6) is -0.900. The van der Waals surface area contributed by atoms with Crippen molar-refractivity contribution in [3.8, 4) is 5.75 Å². The molecule has 0 saturated carbocycles. The molecule has 0 saturated heterocycles. The largest absolute Gasteiger partial charge is 0.476 e. The van der Waals surface area contributed by atoms with E-state index in [1.54, 1.807) is 6.92 Å². The Kier molecular flexibility index (Phi) is 6.12. The predicted molar refractivity (Wildman–Crippen MR) is 73.4 cm³/mol. The summed E-state index contributed by atoms with van der Waals surface area (Å²) in [4.78, 5) is 11.7. The molecule has 4 nitrogen and oxygen atoms in total. The molecule has 1 unspecified atom stereocenters. The zero-order valence-electron chi connectivity index (χ0n) is 11.4. The molecule has 0 fully saturated rings. The van der Waals surface area contributed by atoms with Crippen molar-refractivity contribution >= 4 is 11.6 Å². The van der Waals surface area contributed by atoms with Gasteiger partial charge in [-0.2, -0.15) is 0 Å². The van der Waals surface area contributed by atoms with Crippen LogP contribution in [0.3, 0.4) is 0 Å². The molecule has 0 aliphatic heterocycles. The summed E-state index contributed by atoms with van der Waals surface area (Å²) in [5.41, 5.74) is 5.80. The highest BCUT2D eigenvalue weighted by Gasteiger charge is 2.17. The molecule has 0 heterocycles. The van der Waals surface area contributed by atoms with Crippen LogP contribution in [-0.4, -0.2) is 18.6 Å². The second-order valence-electron chi connectivity index (χ2n) is 4.42. The minimum Gasteiger partial charge on any atom is -0.476 e. The van der Waals surface area contributed by atoms with Crippen LogP contribution in [0.1, 0.15) is 33.1 Å². The summed E-state index contributed by atoms with van der Waals surface area (Å²) in [6.45, 7) is 4.27. The number of halogens is 1. The summed E-state index contributed by atoms with van der Waals surface area (Å²) < 4.78 is 18.8. The number of nitrogens with one attached hydrogen (secondary N) is 1. The third-order valence-electron chi connectivity index (χ3n) is 2.74. The number of rotatable bonds is 7. The molecule has 3 N–H and O–H groups in total. The van der Waals surface area contributed by atoms with Crippen LogP contribution in [0.4, 0.5) is 10.1 Å².